The van der Waals surface area contributed by atoms with Crippen LogP contribution in [0.2, 0.25) is 0 Å². The van der Waals surface area contributed by atoms with Crippen molar-refractivity contribution in [3.63, 3.8) is 0 Å². The van der Waals surface area contributed by atoms with Crippen molar-refractivity contribution in [2.24, 2.45) is 0 Å². The minimum absolute atomic E-state index is 0.234. The summed E-state index contributed by atoms with van der Waals surface area (Å²) in [4.78, 5) is 23.6. The molecule has 0 saturated heterocycles. The summed E-state index contributed by atoms with van der Waals surface area (Å²) in [6, 6.07) is 13.1. The molecule has 0 aliphatic heterocycles. The summed E-state index contributed by atoms with van der Waals surface area (Å²) in [5.41, 5.74) is 3.98. The lowest BCUT2D eigenvalue weighted by Gasteiger charge is -2.11. The van der Waals surface area contributed by atoms with Gasteiger partial charge in [0.1, 0.15) is 5.75 Å². The SMILES string of the molecule is CCc1ccc(OCC(=O)OCC(=O)Nc2cccc(C)c2C)cc1. The third-order valence-electron chi connectivity index (χ3n) is 3.93. The molecule has 0 heterocycles. The van der Waals surface area contributed by atoms with Crippen molar-refractivity contribution in [3.05, 3.63) is 59.2 Å². The Hall–Kier alpha value is -2.82. The molecule has 1 N–H and O–H groups in total. The Morgan fingerprint density at radius 1 is 1.00 bits per heavy atom. The molecule has 0 aromatic heterocycles. The summed E-state index contributed by atoms with van der Waals surface area (Å²) in [7, 11) is 0. The van der Waals surface area contributed by atoms with E-state index in [-0.39, 0.29) is 19.1 Å². The first kappa shape index (κ1) is 18.5. The Bertz CT molecular complexity index is 738. The highest BCUT2D eigenvalue weighted by Crippen LogP contribution is 2.17. The number of hydrogen-bond acceptors (Lipinski definition) is 4. The average Bonchev–Trinajstić information content (AvgIpc) is 2.62. The van der Waals surface area contributed by atoms with Gasteiger partial charge in [-0.1, -0.05) is 31.2 Å². The van der Waals surface area contributed by atoms with Crippen LogP contribution >= 0.6 is 0 Å². The zero-order valence-corrected chi connectivity index (χ0v) is 14.8. The fraction of sp³-hybridized carbons (Fsp3) is 0.300. The highest BCUT2D eigenvalue weighted by Gasteiger charge is 2.10. The highest BCUT2D eigenvalue weighted by atomic mass is 16.6. The van der Waals surface area contributed by atoms with Crippen LogP contribution in [0.4, 0.5) is 5.69 Å². The normalized spacial score (nSPS) is 10.2. The van der Waals surface area contributed by atoms with Crippen molar-refractivity contribution in [2.75, 3.05) is 18.5 Å². The molecule has 0 saturated carbocycles. The predicted octanol–water partition coefficient (Wildman–Crippen LogP) is 3.43. The summed E-state index contributed by atoms with van der Waals surface area (Å²) < 4.78 is 10.3. The number of nitrogens with one attached hydrogen (secondary N) is 1. The van der Waals surface area contributed by atoms with Gasteiger partial charge in [-0.3, -0.25) is 4.79 Å². The maximum atomic E-state index is 11.9. The summed E-state index contributed by atoms with van der Waals surface area (Å²) in [5, 5.41) is 2.74. The summed E-state index contributed by atoms with van der Waals surface area (Å²) >= 11 is 0. The van der Waals surface area contributed by atoms with E-state index in [0.717, 1.165) is 17.5 Å². The van der Waals surface area contributed by atoms with Gasteiger partial charge in [-0.2, -0.15) is 0 Å². The molecule has 0 fully saturated rings. The maximum Gasteiger partial charge on any atom is 0.344 e. The minimum Gasteiger partial charge on any atom is -0.482 e. The third kappa shape index (κ3) is 5.64. The number of esters is 1. The van der Waals surface area contributed by atoms with Crippen molar-refractivity contribution in [1.29, 1.82) is 0 Å². The first-order valence-corrected chi connectivity index (χ1v) is 8.23. The summed E-state index contributed by atoms with van der Waals surface area (Å²) in [6.45, 7) is 5.38. The van der Waals surface area contributed by atoms with Gasteiger partial charge in [0.25, 0.3) is 5.91 Å². The Balaban J connectivity index is 1.75. The fourth-order valence-electron chi connectivity index (χ4n) is 2.22. The lowest BCUT2D eigenvalue weighted by Crippen LogP contribution is -2.24. The van der Waals surface area contributed by atoms with E-state index in [1.54, 1.807) is 12.1 Å². The highest BCUT2D eigenvalue weighted by molar-refractivity contribution is 5.93. The lowest BCUT2D eigenvalue weighted by molar-refractivity contribution is -0.149. The van der Waals surface area contributed by atoms with Crippen molar-refractivity contribution < 1.29 is 19.1 Å². The third-order valence-corrected chi connectivity index (χ3v) is 3.93. The number of rotatable bonds is 7. The van der Waals surface area contributed by atoms with Crippen molar-refractivity contribution >= 4 is 17.6 Å². The number of carbonyl (C=O) groups is 2. The quantitative estimate of drug-likeness (QED) is 0.784. The number of benzene rings is 2. The molecular weight excluding hydrogens is 318 g/mol. The van der Waals surface area contributed by atoms with Crippen LogP contribution in [0.25, 0.3) is 0 Å². The number of ether oxygens (including phenoxy) is 2. The van der Waals surface area contributed by atoms with Gasteiger partial charge in [0.05, 0.1) is 0 Å². The molecule has 1 amide bonds. The number of anilines is 1. The topological polar surface area (TPSA) is 64.6 Å². The predicted molar refractivity (Wildman–Crippen MR) is 96.8 cm³/mol. The first-order chi connectivity index (χ1) is 12.0. The first-order valence-electron chi connectivity index (χ1n) is 8.23. The molecule has 0 spiro atoms. The van der Waals surface area contributed by atoms with Gasteiger partial charge in [-0.25, -0.2) is 4.79 Å². The van der Waals surface area contributed by atoms with E-state index >= 15 is 0 Å². The van der Waals surface area contributed by atoms with Crippen LogP contribution in [0.1, 0.15) is 23.6 Å². The Kier molecular flexibility index (Phi) is 6.57. The summed E-state index contributed by atoms with van der Waals surface area (Å²) in [6.07, 6.45) is 0.942. The van der Waals surface area contributed by atoms with Crippen LogP contribution in [0.5, 0.6) is 5.75 Å². The minimum atomic E-state index is -0.587. The van der Waals surface area contributed by atoms with Crippen LogP contribution in [0.3, 0.4) is 0 Å². The van der Waals surface area contributed by atoms with Gasteiger partial charge < -0.3 is 14.8 Å². The number of amides is 1. The molecule has 0 atom stereocenters. The van der Waals surface area contributed by atoms with Crippen LogP contribution < -0.4 is 10.1 Å². The molecule has 5 nitrogen and oxygen atoms in total. The molecule has 2 aromatic carbocycles. The lowest BCUT2D eigenvalue weighted by atomic mass is 10.1. The van der Waals surface area contributed by atoms with Crippen molar-refractivity contribution in [3.8, 4) is 5.75 Å². The van der Waals surface area contributed by atoms with E-state index < -0.39 is 5.97 Å². The summed E-state index contributed by atoms with van der Waals surface area (Å²) in [5.74, 6) is -0.376. The smallest absolute Gasteiger partial charge is 0.344 e. The molecular formula is C20H23NO4. The van der Waals surface area contributed by atoms with E-state index in [4.69, 9.17) is 9.47 Å². The second-order valence-electron chi connectivity index (χ2n) is 5.74. The molecule has 0 aliphatic carbocycles. The van der Waals surface area contributed by atoms with E-state index in [2.05, 4.69) is 12.2 Å². The van der Waals surface area contributed by atoms with Crippen molar-refractivity contribution in [1.82, 2.24) is 0 Å². The molecule has 132 valence electrons. The van der Waals surface area contributed by atoms with Crippen LogP contribution in [0.15, 0.2) is 42.5 Å². The second kappa shape index (κ2) is 8.87. The standard InChI is InChI=1S/C20H23NO4/c1-4-16-8-10-17(11-9-16)24-13-20(23)25-12-19(22)21-18-7-5-6-14(2)15(18)3/h5-11H,4,12-13H2,1-3H3,(H,21,22). The van der Waals surface area contributed by atoms with Gasteiger partial charge in [-0.15, -0.1) is 0 Å². The Morgan fingerprint density at radius 3 is 2.40 bits per heavy atom. The number of carbonyl (C=O) groups excluding carboxylic acids is 2. The Labute approximate surface area is 148 Å². The Morgan fingerprint density at radius 2 is 1.72 bits per heavy atom. The molecule has 25 heavy (non-hydrogen) atoms. The zero-order chi connectivity index (χ0) is 18.2. The van der Waals surface area contributed by atoms with E-state index in [9.17, 15) is 9.59 Å². The van der Waals surface area contributed by atoms with Gasteiger partial charge >= 0.3 is 5.97 Å². The number of hydrogen-bond donors (Lipinski definition) is 1. The van der Waals surface area contributed by atoms with Crippen LogP contribution in [0, 0.1) is 13.8 Å². The van der Waals surface area contributed by atoms with Gasteiger partial charge in [0.2, 0.25) is 0 Å². The van der Waals surface area contributed by atoms with Gasteiger partial charge in [-0.05, 0) is 55.2 Å². The van der Waals surface area contributed by atoms with Gasteiger partial charge in [0, 0.05) is 5.69 Å². The van der Waals surface area contributed by atoms with E-state index in [0.29, 0.717) is 11.4 Å². The maximum absolute atomic E-state index is 11.9. The second-order valence-corrected chi connectivity index (χ2v) is 5.74. The average molecular weight is 341 g/mol. The molecule has 2 rings (SSSR count). The molecule has 2 aromatic rings. The van der Waals surface area contributed by atoms with Crippen LogP contribution in [-0.4, -0.2) is 25.1 Å². The van der Waals surface area contributed by atoms with Gasteiger partial charge in [0.15, 0.2) is 13.2 Å². The monoisotopic (exact) mass is 341 g/mol. The zero-order valence-electron chi connectivity index (χ0n) is 14.8. The molecule has 0 aliphatic rings. The van der Waals surface area contributed by atoms with Crippen LogP contribution in [-0.2, 0) is 20.7 Å². The molecule has 5 heteroatoms. The molecule has 0 bridgehead atoms. The molecule has 0 radical (unpaired) electrons. The number of aryl methyl sites for hydroxylation is 2. The van der Waals surface area contributed by atoms with Crippen molar-refractivity contribution in [2.45, 2.75) is 27.2 Å². The fourth-order valence-corrected chi connectivity index (χ4v) is 2.22. The largest absolute Gasteiger partial charge is 0.482 e. The van der Waals surface area contributed by atoms with E-state index in [1.807, 2.05) is 44.2 Å². The molecule has 0 unspecified atom stereocenters. The van der Waals surface area contributed by atoms with E-state index in [1.165, 1.54) is 5.56 Å².